The largest absolute Gasteiger partial charge is 0.478 e. The monoisotopic (exact) mass is 416 g/mol. The van der Waals surface area contributed by atoms with Gasteiger partial charge in [-0.3, -0.25) is 9.59 Å². The highest BCUT2D eigenvalue weighted by Gasteiger charge is 2.23. The van der Waals surface area contributed by atoms with Gasteiger partial charge in [-0.25, -0.2) is 4.79 Å². The van der Waals surface area contributed by atoms with Gasteiger partial charge in [0.1, 0.15) is 0 Å². The van der Waals surface area contributed by atoms with Crippen molar-refractivity contribution >= 4 is 34.1 Å². The van der Waals surface area contributed by atoms with Gasteiger partial charge in [-0.15, -0.1) is 0 Å². The van der Waals surface area contributed by atoms with Gasteiger partial charge in [0.2, 0.25) is 5.91 Å². The average molecular weight is 416 g/mol. The number of amides is 1. The van der Waals surface area contributed by atoms with Crippen LogP contribution in [-0.2, 0) is 4.79 Å². The van der Waals surface area contributed by atoms with Gasteiger partial charge < -0.3 is 15.0 Å². The number of Topliss-reactive ketones (excluding diaryl/α,β-unsaturated/α-hetero) is 1. The topological polar surface area (TPSA) is 90.5 Å². The van der Waals surface area contributed by atoms with E-state index >= 15 is 0 Å². The van der Waals surface area contributed by atoms with E-state index in [1.54, 1.807) is 24.0 Å². The predicted molar refractivity (Wildman–Crippen MR) is 119 cm³/mol. The molecule has 3 aromatic rings. The minimum atomic E-state index is -1.08. The van der Waals surface area contributed by atoms with Crippen LogP contribution in [0.15, 0.2) is 54.6 Å². The fourth-order valence-electron chi connectivity index (χ4n) is 4.22. The van der Waals surface area contributed by atoms with Gasteiger partial charge in [-0.1, -0.05) is 42.5 Å². The molecule has 0 saturated carbocycles. The molecule has 2 N–H and O–H groups in total. The zero-order chi connectivity index (χ0) is 22.0. The molecule has 158 valence electrons. The number of carbonyl (C=O) groups is 3. The van der Waals surface area contributed by atoms with Crippen molar-refractivity contribution in [2.45, 2.75) is 26.2 Å². The molecular weight excluding hydrogens is 392 g/mol. The Morgan fingerprint density at radius 1 is 1.03 bits per heavy atom. The lowest BCUT2D eigenvalue weighted by Crippen LogP contribution is -2.34. The van der Waals surface area contributed by atoms with Gasteiger partial charge in [-0.05, 0) is 36.6 Å². The molecule has 2 aromatic carbocycles. The Morgan fingerprint density at radius 3 is 2.48 bits per heavy atom. The maximum absolute atomic E-state index is 12.9. The third kappa shape index (κ3) is 4.14. The normalized spacial score (nSPS) is 13.8. The van der Waals surface area contributed by atoms with Gasteiger partial charge in [0, 0.05) is 48.1 Å². The van der Waals surface area contributed by atoms with Crippen molar-refractivity contribution in [1.29, 1.82) is 0 Å². The fourth-order valence-corrected chi connectivity index (χ4v) is 4.22. The van der Waals surface area contributed by atoms with Crippen LogP contribution in [0.5, 0.6) is 0 Å². The lowest BCUT2D eigenvalue weighted by molar-refractivity contribution is -0.130. The number of rotatable bonds is 6. The summed E-state index contributed by atoms with van der Waals surface area (Å²) in [6, 6.07) is 15.0. The molecule has 0 unspecified atom stereocenters. The van der Waals surface area contributed by atoms with E-state index in [2.05, 4.69) is 23.2 Å². The second-order valence-electron chi connectivity index (χ2n) is 7.77. The molecule has 31 heavy (non-hydrogen) atoms. The van der Waals surface area contributed by atoms with E-state index in [-0.39, 0.29) is 30.1 Å². The number of hydrogen-bond donors (Lipinski definition) is 2. The molecule has 0 atom stereocenters. The standard InChI is InChI=1S/C25H24N2O4/c1-16-23(24-19(25(30)31)8-5-9-20(24)26-16)21(28)10-11-22(29)27-14-12-18(13-15-27)17-6-3-2-4-7-17/h2-9,12,26H,10-11,13-15H2,1H3,(H,30,31). The van der Waals surface area contributed by atoms with Gasteiger partial charge in [0.15, 0.2) is 5.78 Å². The number of carboxylic acids is 1. The van der Waals surface area contributed by atoms with Crippen molar-refractivity contribution in [2.24, 2.45) is 0 Å². The van der Waals surface area contributed by atoms with E-state index in [0.717, 1.165) is 6.42 Å². The smallest absolute Gasteiger partial charge is 0.336 e. The highest BCUT2D eigenvalue weighted by atomic mass is 16.4. The third-order valence-corrected chi connectivity index (χ3v) is 5.79. The van der Waals surface area contributed by atoms with Crippen LogP contribution in [-0.4, -0.2) is 45.7 Å². The number of ketones is 1. The Kier molecular flexibility index (Phi) is 5.71. The highest BCUT2D eigenvalue weighted by Crippen LogP contribution is 2.28. The van der Waals surface area contributed by atoms with Crippen molar-refractivity contribution in [3.63, 3.8) is 0 Å². The maximum atomic E-state index is 12.9. The number of H-pyrrole nitrogens is 1. The summed E-state index contributed by atoms with van der Waals surface area (Å²) in [6.07, 6.45) is 3.01. The maximum Gasteiger partial charge on any atom is 0.336 e. The molecule has 0 bridgehead atoms. The molecule has 1 amide bonds. The van der Waals surface area contributed by atoms with E-state index in [9.17, 15) is 19.5 Å². The summed E-state index contributed by atoms with van der Waals surface area (Å²) < 4.78 is 0. The average Bonchev–Trinajstić information content (AvgIpc) is 3.13. The summed E-state index contributed by atoms with van der Waals surface area (Å²) in [5, 5.41) is 9.91. The minimum absolute atomic E-state index is 0.0480. The van der Waals surface area contributed by atoms with Crippen LogP contribution in [0.25, 0.3) is 16.5 Å². The van der Waals surface area contributed by atoms with Crippen LogP contribution in [0.2, 0.25) is 0 Å². The lowest BCUT2D eigenvalue weighted by Gasteiger charge is -2.26. The first-order valence-corrected chi connectivity index (χ1v) is 10.4. The summed E-state index contributed by atoms with van der Waals surface area (Å²) >= 11 is 0. The number of aromatic nitrogens is 1. The molecular formula is C25H24N2O4. The SMILES string of the molecule is Cc1[nH]c2cccc(C(=O)O)c2c1C(=O)CCC(=O)N1CC=C(c2ccccc2)CC1. The summed E-state index contributed by atoms with van der Waals surface area (Å²) in [4.78, 5) is 42.1. The Morgan fingerprint density at radius 2 is 1.81 bits per heavy atom. The van der Waals surface area contributed by atoms with Crippen LogP contribution >= 0.6 is 0 Å². The highest BCUT2D eigenvalue weighted by molar-refractivity contribution is 6.15. The van der Waals surface area contributed by atoms with Crippen LogP contribution in [0.3, 0.4) is 0 Å². The quantitative estimate of drug-likeness (QED) is 0.581. The molecule has 6 heteroatoms. The van der Waals surface area contributed by atoms with E-state index in [4.69, 9.17) is 0 Å². The Hall–Kier alpha value is -3.67. The third-order valence-electron chi connectivity index (χ3n) is 5.79. The summed E-state index contributed by atoms with van der Waals surface area (Å²) in [6.45, 7) is 2.91. The number of carboxylic acid groups (broad SMARTS) is 1. The van der Waals surface area contributed by atoms with Crippen molar-refractivity contribution in [3.8, 4) is 0 Å². The van der Waals surface area contributed by atoms with Crippen molar-refractivity contribution in [2.75, 3.05) is 13.1 Å². The molecule has 0 spiro atoms. The number of aromatic carboxylic acids is 1. The fraction of sp³-hybridized carbons (Fsp3) is 0.240. The van der Waals surface area contributed by atoms with Gasteiger partial charge in [-0.2, -0.15) is 0 Å². The molecule has 0 aliphatic carbocycles. The Labute approximate surface area is 180 Å². The van der Waals surface area contributed by atoms with Crippen LogP contribution < -0.4 is 0 Å². The number of benzene rings is 2. The van der Waals surface area contributed by atoms with Gasteiger partial charge in [0.25, 0.3) is 0 Å². The molecule has 0 fully saturated rings. The number of nitrogens with zero attached hydrogens (tertiary/aromatic N) is 1. The molecule has 1 aliphatic heterocycles. The number of fused-ring (bicyclic) bond motifs is 1. The number of carbonyl (C=O) groups excluding carboxylic acids is 2. The minimum Gasteiger partial charge on any atom is -0.478 e. The number of nitrogens with one attached hydrogen (secondary N) is 1. The van der Waals surface area contributed by atoms with Crippen LogP contribution in [0.4, 0.5) is 0 Å². The van der Waals surface area contributed by atoms with Crippen molar-refractivity contribution in [1.82, 2.24) is 9.88 Å². The number of aromatic amines is 1. The van der Waals surface area contributed by atoms with E-state index in [0.29, 0.717) is 35.2 Å². The second kappa shape index (κ2) is 8.60. The van der Waals surface area contributed by atoms with Crippen LogP contribution in [0, 0.1) is 6.92 Å². The van der Waals surface area contributed by atoms with E-state index < -0.39 is 5.97 Å². The molecule has 2 heterocycles. The van der Waals surface area contributed by atoms with Gasteiger partial charge >= 0.3 is 5.97 Å². The lowest BCUT2D eigenvalue weighted by atomic mass is 9.98. The summed E-state index contributed by atoms with van der Waals surface area (Å²) in [5.74, 6) is -1.36. The molecule has 1 aromatic heterocycles. The van der Waals surface area contributed by atoms with E-state index in [1.165, 1.54) is 17.2 Å². The molecule has 1 aliphatic rings. The first kappa shape index (κ1) is 20.6. The molecule has 0 saturated heterocycles. The van der Waals surface area contributed by atoms with Gasteiger partial charge in [0.05, 0.1) is 5.56 Å². The summed E-state index contributed by atoms with van der Waals surface area (Å²) in [7, 11) is 0. The predicted octanol–water partition coefficient (Wildman–Crippen LogP) is 4.45. The first-order valence-electron chi connectivity index (χ1n) is 10.4. The Balaban J connectivity index is 1.44. The van der Waals surface area contributed by atoms with Crippen molar-refractivity contribution < 1.29 is 19.5 Å². The van der Waals surface area contributed by atoms with E-state index in [1.807, 2.05) is 18.2 Å². The second-order valence-corrected chi connectivity index (χ2v) is 7.77. The molecule has 4 rings (SSSR count). The van der Waals surface area contributed by atoms with Crippen molar-refractivity contribution in [3.05, 3.63) is 77.0 Å². The van der Waals surface area contributed by atoms with Crippen LogP contribution in [0.1, 0.15) is 51.2 Å². The first-order chi connectivity index (χ1) is 15.0. The molecule has 6 nitrogen and oxygen atoms in total. The number of hydrogen-bond acceptors (Lipinski definition) is 3. The Bertz CT molecular complexity index is 1190. The zero-order valence-electron chi connectivity index (χ0n) is 17.4. The molecule has 0 radical (unpaired) electrons. The number of aryl methyl sites for hydroxylation is 1. The summed E-state index contributed by atoms with van der Waals surface area (Å²) in [5.41, 5.74) is 4.10. The zero-order valence-corrected chi connectivity index (χ0v) is 17.4.